The second-order valence-corrected chi connectivity index (χ2v) is 8.06. The molecule has 2 radical (unpaired) electrons. The fourth-order valence-corrected chi connectivity index (χ4v) is 3.72. The van der Waals surface area contributed by atoms with Gasteiger partial charge in [-0.05, 0) is 12.3 Å². The van der Waals surface area contributed by atoms with E-state index in [4.69, 9.17) is 23.2 Å². The molecule has 0 aliphatic rings. The highest BCUT2D eigenvalue weighted by Gasteiger charge is 2.00. The van der Waals surface area contributed by atoms with E-state index in [9.17, 15) is 0 Å². The number of unbranched alkanes of at least 4 members (excludes halogenated alkanes) is 6. The van der Waals surface area contributed by atoms with E-state index in [1.807, 2.05) is 0 Å². The van der Waals surface area contributed by atoms with Crippen LogP contribution in [0.2, 0.25) is 12.1 Å². The molecule has 0 aliphatic heterocycles. The molecule has 0 bridgehead atoms. The van der Waals surface area contributed by atoms with Crippen LogP contribution in [0, 0.1) is 5.92 Å². The zero-order chi connectivity index (χ0) is 13.6. The van der Waals surface area contributed by atoms with Gasteiger partial charge in [0, 0.05) is 9.52 Å². The van der Waals surface area contributed by atoms with Crippen LogP contribution in [0.4, 0.5) is 0 Å². The Morgan fingerprint density at radius 1 is 0.889 bits per heavy atom. The van der Waals surface area contributed by atoms with Gasteiger partial charge in [-0.25, -0.2) is 0 Å². The van der Waals surface area contributed by atoms with Crippen molar-refractivity contribution in [3.8, 4) is 0 Å². The third-order valence-electron chi connectivity index (χ3n) is 3.47. The first-order valence-corrected chi connectivity index (χ1v) is 9.94. The standard InChI is InChI=1S/C15H30Cl2Si/c1-3-14(2)13-18-12-10-8-6-4-5-7-9-11-15(16)17/h14-15H,3-13H2,1-2H3. The topological polar surface area (TPSA) is 0 Å². The molecule has 0 rings (SSSR count). The van der Waals surface area contributed by atoms with Crippen LogP contribution in [-0.4, -0.2) is 14.4 Å². The summed E-state index contributed by atoms with van der Waals surface area (Å²) in [5.74, 6) is 0.941. The fraction of sp³-hybridized carbons (Fsp3) is 1.00. The Labute approximate surface area is 127 Å². The van der Waals surface area contributed by atoms with Gasteiger partial charge in [0.05, 0.1) is 0 Å². The van der Waals surface area contributed by atoms with Crippen molar-refractivity contribution in [1.29, 1.82) is 0 Å². The number of hydrogen-bond donors (Lipinski definition) is 0. The monoisotopic (exact) mass is 308 g/mol. The molecule has 1 unspecified atom stereocenters. The first kappa shape index (κ1) is 18.8. The van der Waals surface area contributed by atoms with Crippen molar-refractivity contribution in [2.24, 2.45) is 5.92 Å². The van der Waals surface area contributed by atoms with Gasteiger partial charge in [0.25, 0.3) is 0 Å². The minimum Gasteiger partial charge on any atom is -0.105 e. The third kappa shape index (κ3) is 14.9. The lowest BCUT2D eigenvalue weighted by molar-refractivity contribution is 0.581. The van der Waals surface area contributed by atoms with Crippen molar-refractivity contribution < 1.29 is 0 Å². The lowest BCUT2D eigenvalue weighted by Gasteiger charge is -2.06. The summed E-state index contributed by atoms with van der Waals surface area (Å²) in [5, 5.41) is 0. The van der Waals surface area contributed by atoms with Gasteiger partial charge >= 0.3 is 0 Å². The Morgan fingerprint density at radius 3 is 2.00 bits per heavy atom. The van der Waals surface area contributed by atoms with Crippen LogP contribution in [0.25, 0.3) is 0 Å². The third-order valence-corrected chi connectivity index (χ3v) is 5.59. The van der Waals surface area contributed by atoms with Crippen LogP contribution in [0.3, 0.4) is 0 Å². The average molecular weight is 309 g/mol. The smallest absolute Gasteiger partial charge is 0.105 e. The first-order valence-electron chi connectivity index (χ1n) is 7.65. The number of halogens is 2. The van der Waals surface area contributed by atoms with Crippen molar-refractivity contribution in [3.05, 3.63) is 0 Å². The van der Waals surface area contributed by atoms with E-state index in [2.05, 4.69) is 13.8 Å². The molecule has 0 N–H and O–H groups in total. The summed E-state index contributed by atoms with van der Waals surface area (Å²) < 4.78 is 0. The fourth-order valence-electron chi connectivity index (χ4n) is 1.93. The van der Waals surface area contributed by atoms with Crippen LogP contribution >= 0.6 is 23.2 Å². The molecule has 0 saturated heterocycles. The average Bonchev–Trinajstić information content (AvgIpc) is 2.35. The summed E-state index contributed by atoms with van der Waals surface area (Å²) in [6, 6.07) is 2.92. The van der Waals surface area contributed by atoms with Crippen molar-refractivity contribution in [3.63, 3.8) is 0 Å². The van der Waals surface area contributed by atoms with Crippen molar-refractivity contribution in [2.45, 2.75) is 88.6 Å². The van der Waals surface area contributed by atoms with Gasteiger partial charge in [-0.1, -0.05) is 77.3 Å². The zero-order valence-corrected chi connectivity index (χ0v) is 14.7. The minimum atomic E-state index is -0.156. The first-order chi connectivity index (χ1) is 8.66. The summed E-state index contributed by atoms with van der Waals surface area (Å²) in [6.45, 7) is 4.67. The lowest BCUT2D eigenvalue weighted by Crippen LogP contribution is -1.98. The maximum atomic E-state index is 5.69. The van der Waals surface area contributed by atoms with Crippen LogP contribution in [0.5, 0.6) is 0 Å². The van der Waals surface area contributed by atoms with E-state index in [1.165, 1.54) is 73.0 Å². The molecule has 108 valence electrons. The van der Waals surface area contributed by atoms with E-state index in [1.54, 1.807) is 0 Å². The van der Waals surface area contributed by atoms with E-state index < -0.39 is 0 Å². The van der Waals surface area contributed by atoms with E-state index in [-0.39, 0.29) is 4.84 Å². The van der Waals surface area contributed by atoms with Gasteiger partial charge in [-0.2, -0.15) is 0 Å². The molecule has 0 nitrogen and oxygen atoms in total. The predicted octanol–water partition coefficient (Wildman–Crippen LogP) is 6.50. The van der Waals surface area contributed by atoms with Gasteiger partial charge < -0.3 is 0 Å². The molecule has 0 fully saturated rings. The Kier molecular flexibility index (Phi) is 14.8. The molecule has 0 aliphatic carbocycles. The number of rotatable bonds is 13. The second-order valence-electron chi connectivity index (χ2n) is 5.37. The minimum absolute atomic E-state index is 0.156. The van der Waals surface area contributed by atoms with Gasteiger partial charge in [0.1, 0.15) is 4.84 Å². The normalized spacial score (nSPS) is 13.2. The summed E-state index contributed by atoms with van der Waals surface area (Å²) in [5.41, 5.74) is 0. The Bertz CT molecular complexity index is 163. The predicted molar refractivity (Wildman–Crippen MR) is 87.3 cm³/mol. The maximum Gasteiger partial charge on any atom is 0.107 e. The van der Waals surface area contributed by atoms with Gasteiger partial charge in [-0.3, -0.25) is 0 Å². The molecule has 18 heavy (non-hydrogen) atoms. The van der Waals surface area contributed by atoms with Crippen LogP contribution in [0.15, 0.2) is 0 Å². The van der Waals surface area contributed by atoms with Crippen molar-refractivity contribution in [1.82, 2.24) is 0 Å². The second kappa shape index (κ2) is 14.2. The Balaban J connectivity index is 2.99. The van der Waals surface area contributed by atoms with Crippen LogP contribution < -0.4 is 0 Å². The molecule has 0 saturated carbocycles. The number of hydrogen-bond acceptors (Lipinski definition) is 0. The lowest BCUT2D eigenvalue weighted by atomic mass is 10.1. The van der Waals surface area contributed by atoms with Gasteiger partial charge in [-0.15, -0.1) is 23.2 Å². The molecule has 0 spiro atoms. The van der Waals surface area contributed by atoms with Crippen LogP contribution in [0.1, 0.15) is 71.6 Å². The van der Waals surface area contributed by atoms with Crippen molar-refractivity contribution in [2.75, 3.05) is 0 Å². The van der Waals surface area contributed by atoms with E-state index in [0.717, 1.165) is 12.3 Å². The highest BCUT2D eigenvalue weighted by Crippen LogP contribution is 2.15. The largest absolute Gasteiger partial charge is 0.107 e. The molecule has 0 amide bonds. The maximum absolute atomic E-state index is 5.69. The van der Waals surface area contributed by atoms with Gasteiger partial charge in [0.15, 0.2) is 0 Å². The molecule has 3 heteroatoms. The zero-order valence-electron chi connectivity index (χ0n) is 12.2. The molecular formula is C15H30Cl2Si. The Hall–Kier alpha value is 0.797. The highest BCUT2D eigenvalue weighted by molar-refractivity contribution is 6.44. The number of alkyl halides is 2. The van der Waals surface area contributed by atoms with E-state index >= 15 is 0 Å². The quantitative estimate of drug-likeness (QED) is 0.207. The highest BCUT2D eigenvalue weighted by atomic mass is 35.5. The molecule has 0 heterocycles. The summed E-state index contributed by atoms with van der Waals surface area (Å²) in [4.78, 5) is -0.156. The summed E-state index contributed by atoms with van der Waals surface area (Å²) in [6.07, 6.45) is 11.8. The molecule has 0 aromatic heterocycles. The molecule has 1 atom stereocenters. The van der Waals surface area contributed by atoms with Gasteiger partial charge in [0.2, 0.25) is 0 Å². The molecule has 0 aromatic rings. The molecular weight excluding hydrogens is 279 g/mol. The summed E-state index contributed by atoms with van der Waals surface area (Å²) >= 11 is 11.4. The Morgan fingerprint density at radius 2 is 1.44 bits per heavy atom. The van der Waals surface area contributed by atoms with E-state index in [0.29, 0.717) is 0 Å². The van der Waals surface area contributed by atoms with Crippen LogP contribution in [-0.2, 0) is 0 Å². The van der Waals surface area contributed by atoms with Crippen molar-refractivity contribution >= 4 is 32.7 Å². The SMILES string of the molecule is CCC(C)C[Si]CCCCCCCCCC(Cl)Cl. The summed E-state index contributed by atoms with van der Waals surface area (Å²) in [7, 11) is 1.20. The molecule has 0 aromatic carbocycles.